The van der Waals surface area contributed by atoms with Crippen molar-refractivity contribution in [2.45, 2.75) is 25.8 Å². The second-order valence-electron chi connectivity index (χ2n) is 2.92. The molecule has 68 valence electrons. The average molecular weight is 186 g/mol. The fraction of sp³-hybridized carbons (Fsp3) is 0.400. The summed E-state index contributed by atoms with van der Waals surface area (Å²) >= 11 is 0. The summed E-state index contributed by atoms with van der Waals surface area (Å²) in [5.41, 5.74) is 7.10. The Kier molecular flexibility index (Phi) is 4.29. The lowest BCUT2D eigenvalue weighted by Crippen LogP contribution is -2.00. The molecule has 12 heavy (non-hydrogen) atoms. The first kappa shape index (κ1) is 11.5. The van der Waals surface area contributed by atoms with E-state index in [2.05, 4.69) is 24.3 Å². The maximum Gasteiger partial charge on any atom is 0.0115 e. The minimum Gasteiger partial charge on any atom is -0.327 e. The van der Waals surface area contributed by atoms with Crippen LogP contribution in [0.5, 0.6) is 0 Å². The van der Waals surface area contributed by atoms with E-state index < -0.39 is 0 Å². The molecule has 2 N–H and O–H groups in total. The summed E-state index contributed by atoms with van der Waals surface area (Å²) < 4.78 is 0. The maximum atomic E-state index is 5.70. The summed E-state index contributed by atoms with van der Waals surface area (Å²) in [5, 5.41) is 0. The standard InChI is InChI=1S/C9H11N.CH4.ClH/c10-9-6-8(9)7-4-2-1-3-5-7;;/h1-5,8-9H,6,10H2;1H4;1H/t8-,9+;;/m0../s1. The number of rotatable bonds is 1. The zero-order valence-electron chi connectivity index (χ0n) is 6.23. The van der Waals surface area contributed by atoms with Gasteiger partial charge in [-0.05, 0) is 12.0 Å². The third kappa shape index (κ3) is 2.23. The molecular formula is C10H16ClN. The highest BCUT2D eigenvalue weighted by Crippen LogP contribution is 2.38. The van der Waals surface area contributed by atoms with E-state index in [1.54, 1.807) is 0 Å². The van der Waals surface area contributed by atoms with Crippen molar-refractivity contribution in [1.29, 1.82) is 0 Å². The van der Waals surface area contributed by atoms with E-state index in [1.807, 2.05) is 6.07 Å². The van der Waals surface area contributed by atoms with Gasteiger partial charge in [-0.3, -0.25) is 0 Å². The van der Waals surface area contributed by atoms with Crippen LogP contribution in [0, 0.1) is 0 Å². The van der Waals surface area contributed by atoms with E-state index in [-0.39, 0.29) is 19.8 Å². The van der Waals surface area contributed by atoms with Gasteiger partial charge in [-0.2, -0.15) is 0 Å². The highest BCUT2D eigenvalue weighted by Gasteiger charge is 2.34. The summed E-state index contributed by atoms with van der Waals surface area (Å²) in [4.78, 5) is 0. The van der Waals surface area contributed by atoms with Crippen LogP contribution in [0.1, 0.15) is 25.3 Å². The Labute approximate surface area is 80.4 Å². The highest BCUT2D eigenvalue weighted by molar-refractivity contribution is 5.85. The molecule has 2 heteroatoms. The third-order valence-corrected chi connectivity index (χ3v) is 2.07. The molecule has 1 aromatic carbocycles. The van der Waals surface area contributed by atoms with Crippen LogP contribution in [-0.4, -0.2) is 6.04 Å². The van der Waals surface area contributed by atoms with Gasteiger partial charge in [0.2, 0.25) is 0 Å². The van der Waals surface area contributed by atoms with Crippen molar-refractivity contribution in [3.8, 4) is 0 Å². The number of benzene rings is 1. The molecule has 1 aromatic rings. The van der Waals surface area contributed by atoms with Crippen LogP contribution in [0.3, 0.4) is 0 Å². The van der Waals surface area contributed by atoms with Gasteiger partial charge in [-0.1, -0.05) is 37.8 Å². The fourth-order valence-electron chi connectivity index (χ4n) is 1.30. The van der Waals surface area contributed by atoms with Crippen molar-refractivity contribution < 1.29 is 0 Å². The first-order valence-corrected chi connectivity index (χ1v) is 3.68. The molecule has 0 bridgehead atoms. The van der Waals surface area contributed by atoms with Gasteiger partial charge in [-0.25, -0.2) is 0 Å². The Hall–Kier alpha value is -0.530. The molecule has 1 nitrogen and oxygen atoms in total. The summed E-state index contributed by atoms with van der Waals surface area (Å²) in [6.07, 6.45) is 1.17. The van der Waals surface area contributed by atoms with Gasteiger partial charge >= 0.3 is 0 Å². The molecule has 0 spiro atoms. The fourth-order valence-corrected chi connectivity index (χ4v) is 1.30. The molecule has 0 heterocycles. The molecule has 0 unspecified atom stereocenters. The molecule has 2 rings (SSSR count). The molecule has 0 aliphatic heterocycles. The Morgan fingerprint density at radius 1 is 1.17 bits per heavy atom. The van der Waals surface area contributed by atoms with Crippen molar-refractivity contribution >= 4 is 12.4 Å². The van der Waals surface area contributed by atoms with Crippen LogP contribution < -0.4 is 5.73 Å². The van der Waals surface area contributed by atoms with Crippen molar-refractivity contribution in [2.24, 2.45) is 5.73 Å². The van der Waals surface area contributed by atoms with E-state index >= 15 is 0 Å². The Morgan fingerprint density at radius 3 is 2.08 bits per heavy atom. The SMILES string of the molecule is C.Cl.N[C@@H]1C[C@H]1c1ccccc1. The first-order chi connectivity index (χ1) is 4.88. The van der Waals surface area contributed by atoms with E-state index in [4.69, 9.17) is 5.73 Å². The van der Waals surface area contributed by atoms with Crippen LogP contribution in [0.25, 0.3) is 0 Å². The van der Waals surface area contributed by atoms with E-state index in [0.29, 0.717) is 12.0 Å². The number of hydrogen-bond acceptors (Lipinski definition) is 1. The number of hydrogen-bond donors (Lipinski definition) is 1. The van der Waals surface area contributed by atoms with Crippen molar-refractivity contribution in [3.05, 3.63) is 35.9 Å². The Bertz CT molecular complexity index is 223. The molecule has 0 radical (unpaired) electrons. The second kappa shape index (κ2) is 4.48. The molecule has 0 amide bonds. The predicted molar refractivity (Wildman–Crippen MR) is 55.8 cm³/mol. The number of nitrogens with two attached hydrogens (primary N) is 1. The van der Waals surface area contributed by atoms with Crippen LogP contribution in [0.2, 0.25) is 0 Å². The van der Waals surface area contributed by atoms with Gasteiger partial charge in [0.05, 0.1) is 0 Å². The lowest BCUT2D eigenvalue weighted by Gasteiger charge is -1.94. The monoisotopic (exact) mass is 185 g/mol. The summed E-state index contributed by atoms with van der Waals surface area (Å²) in [5.74, 6) is 0.654. The highest BCUT2D eigenvalue weighted by atomic mass is 35.5. The Morgan fingerprint density at radius 2 is 1.67 bits per heavy atom. The molecule has 1 fully saturated rings. The van der Waals surface area contributed by atoms with Crippen molar-refractivity contribution in [3.63, 3.8) is 0 Å². The van der Waals surface area contributed by atoms with Gasteiger partial charge in [-0.15, -0.1) is 12.4 Å². The first-order valence-electron chi connectivity index (χ1n) is 3.68. The quantitative estimate of drug-likeness (QED) is 0.715. The number of halogens is 1. The lowest BCUT2D eigenvalue weighted by molar-refractivity contribution is 0.991. The zero-order valence-corrected chi connectivity index (χ0v) is 7.05. The van der Waals surface area contributed by atoms with E-state index in [1.165, 1.54) is 12.0 Å². The van der Waals surface area contributed by atoms with Crippen molar-refractivity contribution in [2.75, 3.05) is 0 Å². The summed E-state index contributed by atoms with van der Waals surface area (Å²) in [6, 6.07) is 10.9. The topological polar surface area (TPSA) is 26.0 Å². The van der Waals surface area contributed by atoms with Gasteiger partial charge in [0.25, 0.3) is 0 Å². The smallest absolute Gasteiger partial charge is 0.0115 e. The van der Waals surface area contributed by atoms with Gasteiger partial charge in [0.15, 0.2) is 0 Å². The molecule has 1 saturated carbocycles. The minimum absolute atomic E-state index is 0. The van der Waals surface area contributed by atoms with Crippen molar-refractivity contribution in [1.82, 2.24) is 0 Å². The third-order valence-electron chi connectivity index (χ3n) is 2.07. The minimum atomic E-state index is 0. The molecule has 2 atom stereocenters. The lowest BCUT2D eigenvalue weighted by atomic mass is 10.1. The maximum absolute atomic E-state index is 5.70. The summed E-state index contributed by atoms with van der Waals surface area (Å²) in [6.45, 7) is 0. The van der Waals surface area contributed by atoms with Gasteiger partial charge in [0.1, 0.15) is 0 Å². The molecule has 1 aliphatic rings. The van der Waals surface area contributed by atoms with E-state index in [0.717, 1.165) is 0 Å². The largest absolute Gasteiger partial charge is 0.327 e. The molecule has 1 aliphatic carbocycles. The van der Waals surface area contributed by atoms with Crippen LogP contribution in [-0.2, 0) is 0 Å². The molecule has 0 aromatic heterocycles. The van der Waals surface area contributed by atoms with Crippen LogP contribution in [0.4, 0.5) is 0 Å². The van der Waals surface area contributed by atoms with E-state index in [9.17, 15) is 0 Å². The zero-order chi connectivity index (χ0) is 6.97. The second-order valence-corrected chi connectivity index (χ2v) is 2.92. The Balaban J connectivity index is 0.000000605. The van der Waals surface area contributed by atoms with Crippen LogP contribution >= 0.6 is 12.4 Å². The average Bonchev–Trinajstić information content (AvgIpc) is 2.69. The van der Waals surface area contributed by atoms with Gasteiger partial charge in [0, 0.05) is 12.0 Å². The molecule has 0 saturated heterocycles. The van der Waals surface area contributed by atoms with Gasteiger partial charge < -0.3 is 5.73 Å². The molecular weight excluding hydrogens is 170 g/mol. The summed E-state index contributed by atoms with van der Waals surface area (Å²) in [7, 11) is 0. The predicted octanol–water partition coefficient (Wildman–Crippen LogP) is 2.56. The normalized spacial score (nSPS) is 25.1. The van der Waals surface area contributed by atoms with Crippen LogP contribution in [0.15, 0.2) is 30.3 Å².